The minimum Gasteiger partial charge on any atom is -0.395 e. The third-order valence-corrected chi connectivity index (χ3v) is 3.73. The van der Waals surface area contributed by atoms with E-state index in [0.717, 1.165) is 18.7 Å². The Labute approximate surface area is 120 Å². The van der Waals surface area contributed by atoms with Crippen molar-refractivity contribution in [2.45, 2.75) is 39.3 Å². The summed E-state index contributed by atoms with van der Waals surface area (Å²) in [6, 6.07) is 5.54. The molecule has 1 aliphatic rings. The van der Waals surface area contributed by atoms with E-state index in [2.05, 4.69) is 30.6 Å². The molecule has 2 nitrogen and oxygen atoms in total. The van der Waals surface area contributed by atoms with Crippen LogP contribution in [0.4, 0.5) is 4.39 Å². The molecule has 0 saturated carbocycles. The summed E-state index contributed by atoms with van der Waals surface area (Å²) in [6.07, 6.45) is 1.63. The highest BCUT2D eigenvalue weighted by molar-refractivity contribution is 5.37. The van der Waals surface area contributed by atoms with Crippen molar-refractivity contribution < 1.29 is 9.50 Å². The molecule has 1 saturated heterocycles. The van der Waals surface area contributed by atoms with E-state index in [0.29, 0.717) is 23.9 Å². The number of rotatable bonds is 3. The molecule has 0 aromatic heterocycles. The van der Waals surface area contributed by atoms with Crippen molar-refractivity contribution >= 4 is 0 Å². The van der Waals surface area contributed by atoms with Crippen LogP contribution in [0.5, 0.6) is 0 Å². The van der Waals surface area contributed by atoms with Crippen molar-refractivity contribution in [3.63, 3.8) is 0 Å². The van der Waals surface area contributed by atoms with Crippen LogP contribution in [0.3, 0.4) is 0 Å². The van der Waals surface area contributed by atoms with E-state index >= 15 is 0 Å². The number of halogens is 1. The highest BCUT2D eigenvalue weighted by atomic mass is 19.1. The maximum atomic E-state index is 13.6. The summed E-state index contributed by atoms with van der Waals surface area (Å²) in [7, 11) is 0. The Bertz CT molecular complexity index is 517. The number of benzene rings is 1. The molecular weight excluding hydrogens is 253 g/mol. The molecule has 2 rings (SSSR count). The van der Waals surface area contributed by atoms with Gasteiger partial charge in [-0.05, 0) is 43.0 Å². The van der Waals surface area contributed by atoms with E-state index < -0.39 is 0 Å². The molecule has 1 aromatic carbocycles. The molecule has 1 heterocycles. The zero-order valence-corrected chi connectivity index (χ0v) is 12.2. The zero-order valence-electron chi connectivity index (χ0n) is 12.2. The molecule has 2 unspecified atom stereocenters. The van der Waals surface area contributed by atoms with Crippen LogP contribution in [0.25, 0.3) is 0 Å². The average molecular weight is 275 g/mol. The lowest BCUT2D eigenvalue weighted by Crippen LogP contribution is -2.26. The minimum atomic E-state index is -0.240. The fraction of sp³-hybridized carbons (Fsp3) is 0.529. The number of hydrogen-bond acceptors (Lipinski definition) is 2. The second-order valence-corrected chi connectivity index (χ2v) is 5.74. The topological polar surface area (TPSA) is 23.5 Å². The Morgan fingerprint density at radius 3 is 2.80 bits per heavy atom. The molecule has 1 fully saturated rings. The Hall–Kier alpha value is -1.37. The summed E-state index contributed by atoms with van der Waals surface area (Å²) in [5, 5.41) is 8.71. The molecule has 1 aliphatic heterocycles. The fourth-order valence-electron chi connectivity index (χ4n) is 2.88. The molecule has 1 aromatic rings. The van der Waals surface area contributed by atoms with Gasteiger partial charge in [0.1, 0.15) is 5.82 Å². The zero-order chi connectivity index (χ0) is 14.5. The van der Waals surface area contributed by atoms with Crippen LogP contribution < -0.4 is 0 Å². The van der Waals surface area contributed by atoms with Crippen LogP contribution in [-0.4, -0.2) is 29.2 Å². The summed E-state index contributed by atoms with van der Waals surface area (Å²) in [6.45, 7) is 6.37. The first kappa shape index (κ1) is 15.0. The Kier molecular flexibility index (Phi) is 5.17. The lowest BCUT2D eigenvalue weighted by atomic mass is 10.1. The van der Waals surface area contributed by atoms with Crippen molar-refractivity contribution in [1.82, 2.24) is 4.90 Å². The summed E-state index contributed by atoms with van der Waals surface area (Å²) < 4.78 is 13.6. The van der Waals surface area contributed by atoms with Crippen molar-refractivity contribution in [3.8, 4) is 11.8 Å². The number of aliphatic hydroxyl groups is 1. The van der Waals surface area contributed by atoms with Gasteiger partial charge in [0.25, 0.3) is 0 Å². The standard InChI is InChI=1S/C17H22FNO/c1-13-7-14(2)19(11-13)12-16-8-15(5-3-4-6-20)9-17(18)10-16/h8-10,13-14,20H,4,6-7,11-12H2,1-2H3. The van der Waals surface area contributed by atoms with Crippen LogP contribution in [0.2, 0.25) is 0 Å². The summed E-state index contributed by atoms with van der Waals surface area (Å²) in [5.74, 6) is 6.21. The summed E-state index contributed by atoms with van der Waals surface area (Å²) in [4.78, 5) is 2.39. The van der Waals surface area contributed by atoms with Crippen LogP contribution in [0, 0.1) is 23.6 Å². The van der Waals surface area contributed by atoms with Gasteiger partial charge in [0.15, 0.2) is 0 Å². The normalized spacial score (nSPS) is 22.6. The highest BCUT2D eigenvalue weighted by Gasteiger charge is 2.25. The van der Waals surface area contributed by atoms with Crippen molar-refractivity contribution in [3.05, 3.63) is 35.1 Å². The largest absolute Gasteiger partial charge is 0.395 e. The molecule has 0 spiro atoms. The summed E-state index contributed by atoms with van der Waals surface area (Å²) in [5.41, 5.74) is 1.66. The second-order valence-electron chi connectivity index (χ2n) is 5.74. The van der Waals surface area contributed by atoms with Gasteiger partial charge in [-0.1, -0.05) is 18.8 Å². The van der Waals surface area contributed by atoms with Gasteiger partial charge in [0, 0.05) is 31.1 Å². The summed E-state index contributed by atoms with van der Waals surface area (Å²) >= 11 is 0. The van der Waals surface area contributed by atoms with E-state index in [4.69, 9.17) is 5.11 Å². The minimum absolute atomic E-state index is 0.0400. The SMILES string of the molecule is CC1CC(C)N(Cc2cc(F)cc(C#CCCO)c2)C1. The second kappa shape index (κ2) is 6.88. The average Bonchev–Trinajstić information content (AvgIpc) is 2.67. The lowest BCUT2D eigenvalue weighted by molar-refractivity contribution is 0.256. The molecule has 3 heteroatoms. The first-order chi connectivity index (χ1) is 9.58. The number of hydrogen-bond donors (Lipinski definition) is 1. The van der Waals surface area contributed by atoms with Gasteiger partial charge >= 0.3 is 0 Å². The Morgan fingerprint density at radius 2 is 2.15 bits per heavy atom. The fourth-order valence-corrected chi connectivity index (χ4v) is 2.88. The molecule has 20 heavy (non-hydrogen) atoms. The van der Waals surface area contributed by atoms with Gasteiger partial charge in [0.05, 0.1) is 6.61 Å². The predicted molar refractivity (Wildman–Crippen MR) is 78.6 cm³/mol. The molecule has 1 N–H and O–H groups in total. The van der Waals surface area contributed by atoms with E-state index in [1.54, 1.807) is 6.07 Å². The number of likely N-dealkylation sites (tertiary alicyclic amines) is 1. The van der Waals surface area contributed by atoms with Crippen LogP contribution in [0.15, 0.2) is 18.2 Å². The predicted octanol–water partition coefficient (Wildman–Crippen LogP) is 2.79. The van der Waals surface area contributed by atoms with Gasteiger partial charge in [-0.25, -0.2) is 4.39 Å². The Morgan fingerprint density at radius 1 is 1.35 bits per heavy atom. The first-order valence-corrected chi connectivity index (χ1v) is 7.21. The van der Waals surface area contributed by atoms with Gasteiger partial charge in [-0.15, -0.1) is 0 Å². The van der Waals surface area contributed by atoms with E-state index in [-0.39, 0.29) is 12.4 Å². The van der Waals surface area contributed by atoms with Crippen LogP contribution >= 0.6 is 0 Å². The van der Waals surface area contributed by atoms with E-state index in [1.807, 2.05) is 6.07 Å². The monoisotopic (exact) mass is 275 g/mol. The lowest BCUT2D eigenvalue weighted by Gasteiger charge is -2.21. The maximum absolute atomic E-state index is 13.6. The smallest absolute Gasteiger partial charge is 0.124 e. The van der Waals surface area contributed by atoms with Gasteiger partial charge in [0.2, 0.25) is 0 Å². The Balaban J connectivity index is 2.10. The molecule has 0 radical (unpaired) electrons. The van der Waals surface area contributed by atoms with E-state index in [1.165, 1.54) is 12.5 Å². The molecule has 0 amide bonds. The van der Waals surface area contributed by atoms with Gasteiger partial charge < -0.3 is 5.11 Å². The van der Waals surface area contributed by atoms with Crippen molar-refractivity contribution in [2.24, 2.45) is 5.92 Å². The number of aliphatic hydroxyl groups excluding tert-OH is 1. The molecular formula is C17H22FNO. The third kappa shape index (κ3) is 4.06. The van der Waals surface area contributed by atoms with E-state index in [9.17, 15) is 4.39 Å². The molecule has 2 atom stereocenters. The first-order valence-electron chi connectivity index (χ1n) is 7.21. The van der Waals surface area contributed by atoms with Crippen molar-refractivity contribution in [2.75, 3.05) is 13.2 Å². The molecule has 108 valence electrons. The van der Waals surface area contributed by atoms with Crippen LogP contribution in [-0.2, 0) is 6.54 Å². The maximum Gasteiger partial charge on any atom is 0.124 e. The van der Waals surface area contributed by atoms with Gasteiger partial charge in [-0.3, -0.25) is 4.90 Å². The number of nitrogens with zero attached hydrogens (tertiary/aromatic N) is 1. The molecule has 0 bridgehead atoms. The quantitative estimate of drug-likeness (QED) is 0.857. The molecule has 0 aliphatic carbocycles. The van der Waals surface area contributed by atoms with Crippen molar-refractivity contribution in [1.29, 1.82) is 0 Å². The van der Waals surface area contributed by atoms with Gasteiger partial charge in [-0.2, -0.15) is 0 Å². The highest BCUT2D eigenvalue weighted by Crippen LogP contribution is 2.24. The van der Waals surface area contributed by atoms with Crippen LogP contribution in [0.1, 0.15) is 37.8 Å². The third-order valence-electron chi connectivity index (χ3n) is 3.73.